The summed E-state index contributed by atoms with van der Waals surface area (Å²) in [6.07, 6.45) is 12.9. The SMILES string of the molecule is CCOC(=O)CCCCC1=CC2CC(OC(C)=O)C(C=C(Cl)C(=O)C3CCCC3)C2C1. The van der Waals surface area contributed by atoms with Gasteiger partial charge in [-0.1, -0.05) is 42.2 Å². The van der Waals surface area contributed by atoms with Gasteiger partial charge in [-0.3, -0.25) is 14.4 Å². The van der Waals surface area contributed by atoms with Gasteiger partial charge in [-0.15, -0.1) is 0 Å². The average molecular weight is 451 g/mol. The van der Waals surface area contributed by atoms with Gasteiger partial charge < -0.3 is 9.47 Å². The van der Waals surface area contributed by atoms with E-state index in [2.05, 4.69) is 6.08 Å². The Labute approximate surface area is 190 Å². The lowest BCUT2D eigenvalue weighted by molar-refractivity contribution is -0.147. The second-order valence-electron chi connectivity index (χ2n) is 9.19. The van der Waals surface area contributed by atoms with Crippen LogP contribution in [0.1, 0.15) is 78.1 Å². The van der Waals surface area contributed by atoms with Crippen LogP contribution in [-0.4, -0.2) is 30.4 Å². The van der Waals surface area contributed by atoms with E-state index in [4.69, 9.17) is 21.1 Å². The van der Waals surface area contributed by atoms with Gasteiger partial charge in [0.15, 0.2) is 5.78 Å². The number of hydrogen-bond acceptors (Lipinski definition) is 5. The van der Waals surface area contributed by atoms with Crippen LogP contribution in [0.15, 0.2) is 22.8 Å². The third-order valence-electron chi connectivity index (χ3n) is 6.98. The Balaban J connectivity index is 1.60. The van der Waals surface area contributed by atoms with E-state index in [1.165, 1.54) is 12.5 Å². The fourth-order valence-corrected chi connectivity index (χ4v) is 5.86. The van der Waals surface area contributed by atoms with E-state index in [0.717, 1.165) is 57.8 Å². The number of ketones is 1. The summed E-state index contributed by atoms with van der Waals surface area (Å²) in [5, 5.41) is 0.317. The number of rotatable bonds is 10. The van der Waals surface area contributed by atoms with E-state index >= 15 is 0 Å². The van der Waals surface area contributed by atoms with Crippen molar-refractivity contribution in [3.63, 3.8) is 0 Å². The van der Waals surface area contributed by atoms with Crippen LogP contribution < -0.4 is 0 Å². The number of fused-ring (bicyclic) bond motifs is 1. The molecule has 0 amide bonds. The smallest absolute Gasteiger partial charge is 0.305 e. The Morgan fingerprint density at radius 3 is 2.61 bits per heavy atom. The molecular formula is C25H35ClO5. The molecule has 0 heterocycles. The van der Waals surface area contributed by atoms with Crippen molar-refractivity contribution in [2.45, 2.75) is 84.2 Å². The number of halogens is 1. The molecule has 4 atom stereocenters. The van der Waals surface area contributed by atoms with Crippen LogP contribution >= 0.6 is 11.6 Å². The molecule has 2 saturated carbocycles. The van der Waals surface area contributed by atoms with Crippen molar-refractivity contribution in [2.75, 3.05) is 6.61 Å². The highest BCUT2D eigenvalue weighted by Crippen LogP contribution is 2.50. The maximum absolute atomic E-state index is 12.7. The maximum Gasteiger partial charge on any atom is 0.305 e. The second kappa shape index (κ2) is 11.3. The number of esters is 2. The molecule has 3 aliphatic rings. The van der Waals surface area contributed by atoms with Gasteiger partial charge >= 0.3 is 11.9 Å². The number of unbranched alkanes of at least 4 members (excludes halogenated alkanes) is 1. The molecule has 3 aliphatic carbocycles. The Kier molecular flexibility index (Phi) is 8.76. The van der Waals surface area contributed by atoms with E-state index in [-0.39, 0.29) is 35.7 Å². The predicted octanol–water partition coefficient (Wildman–Crippen LogP) is 5.51. The summed E-state index contributed by atoms with van der Waals surface area (Å²) in [6.45, 7) is 3.68. The van der Waals surface area contributed by atoms with Crippen molar-refractivity contribution in [3.8, 4) is 0 Å². The third kappa shape index (κ3) is 6.44. The van der Waals surface area contributed by atoms with Crippen molar-refractivity contribution >= 4 is 29.3 Å². The fraction of sp³-hybridized carbons (Fsp3) is 0.720. The van der Waals surface area contributed by atoms with Crippen molar-refractivity contribution < 1.29 is 23.9 Å². The molecule has 4 unspecified atom stereocenters. The molecule has 0 aliphatic heterocycles. The van der Waals surface area contributed by atoms with Crippen molar-refractivity contribution in [1.82, 2.24) is 0 Å². The van der Waals surface area contributed by atoms with Crippen LogP contribution in [0.25, 0.3) is 0 Å². The summed E-state index contributed by atoms with van der Waals surface area (Å²) in [7, 11) is 0. The average Bonchev–Trinajstić information content (AvgIpc) is 3.43. The minimum absolute atomic E-state index is 0.0277. The van der Waals surface area contributed by atoms with Gasteiger partial charge in [-0.05, 0) is 63.7 Å². The number of carbonyl (C=O) groups excluding carboxylic acids is 3. The highest BCUT2D eigenvalue weighted by Gasteiger charge is 2.46. The van der Waals surface area contributed by atoms with Crippen molar-refractivity contribution in [2.24, 2.45) is 23.7 Å². The Hall–Kier alpha value is -1.62. The zero-order valence-corrected chi connectivity index (χ0v) is 19.5. The molecule has 31 heavy (non-hydrogen) atoms. The van der Waals surface area contributed by atoms with Gasteiger partial charge in [0.25, 0.3) is 0 Å². The Morgan fingerprint density at radius 1 is 1.19 bits per heavy atom. The molecule has 0 spiro atoms. The van der Waals surface area contributed by atoms with Crippen molar-refractivity contribution in [1.29, 1.82) is 0 Å². The molecule has 6 heteroatoms. The van der Waals surface area contributed by atoms with E-state index in [1.807, 2.05) is 13.0 Å². The van der Waals surface area contributed by atoms with Crippen LogP contribution in [-0.2, 0) is 23.9 Å². The summed E-state index contributed by atoms with van der Waals surface area (Å²) in [5.41, 5.74) is 1.40. The topological polar surface area (TPSA) is 69.7 Å². The van der Waals surface area contributed by atoms with E-state index in [1.54, 1.807) is 0 Å². The maximum atomic E-state index is 12.7. The molecule has 0 bridgehead atoms. The summed E-state index contributed by atoms with van der Waals surface area (Å²) in [5.74, 6) is 0.311. The first-order valence-corrected chi connectivity index (χ1v) is 12.2. The molecule has 0 saturated heterocycles. The van der Waals surface area contributed by atoms with E-state index in [0.29, 0.717) is 29.9 Å². The molecule has 0 aromatic heterocycles. The predicted molar refractivity (Wildman–Crippen MR) is 119 cm³/mol. The van der Waals surface area contributed by atoms with E-state index in [9.17, 15) is 14.4 Å². The number of ether oxygens (including phenoxy) is 2. The van der Waals surface area contributed by atoms with Crippen molar-refractivity contribution in [3.05, 3.63) is 22.8 Å². The number of Topliss-reactive ketones (excluding diaryl/α,β-unsaturated/α-hetero) is 1. The van der Waals surface area contributed by atoms with Crippen LogP contribution in [0, 0.1) is 23.7 Å². The lowest BCUT2D eigenvalue weighted by Gasteiger charge is -2.22. The first kappa shape index (κ1) is 24.0. The standard InChI is InChI=1S/C25H35ClO5/c1-3-30-24(28)11-7-4-8-17-12-19-14-23(31-16(2)27)21(20(19)13-17)15-22(26)25(29)18-9-5-6-10-18/h12,15,18-21,23H,3-11,13-14H2,1-2H3. The monoisotopic (exact) mass is 450 g/mol. The first-order chi connectivity index (χ1) is 14.9. The van der Waals surface area contributed by atoms with Gasteiger partial charge in [-0.25, -0.2) is 0 Å². The van der Waals surface area contributed by atoms with Crippen LogP contribution in [0.2, 0.25) is 0 Å². The van der Waals surface area contributed by atoms with Crippen LogP contribution in [0.3, 0.4) is 0 Å². The summed E-state index contributed by atoms with van der Waals surface area (Å²) in [4.78, 5) is 35.9. The molecule has 2 fully saturated rings. The summed E-state index contributed by atoms with van der Waals surface area (Å²) >= 11 is 6.49. The van der Waals surface area contributed by atoms with Crippen LogP contribution in [0.5, 0.6) is 0 Å². The van der Waals surface area contributed by atoms with E-state index < -0.39 is 0 Å². The summed E-state index contributed by atoms with van der Waals surface area (Å²) in [6, 6.07) is 0. The quantitative estimate of drug-likeness (QED) is 0.190. The van der Waals surface area contributed by atoms with Gasteiger partial charge in [0, 0.05) is 25.2 Å². The lowest BCUT2D eigenvalue weighted by Crippen LogP contribution is -2.24. The number of hydrogen-bond donors (Lipinski definition) is 0. The molecule has 0 N–H and O–H groups in total. The summed E-state index contributed by atoms with van der Waals surface area (Å²) < 4.78 is 10.6. The van der Waals surface area contributed by atoms with Crippen LogP contribution in [0.4, 0.5) is 0 Å². The molecule has 0 aromatic carbocycles. The zero-order chi connectivity index (χ0) is 22.4. The first-order valence-electron chi connectivity index (χ1n) is 11.8. The van der Waals surface area contributed by atoms with Gasteiger partial charge in [-0.2, -0.15) is 0 Å². The zero-order valence-electron chi connectivity index (χ0n) is 18.7. The van der Waals surface area contributed by atoms with Gasteiger partial charge in [0.1, 0.15) is 6.10 Å². The largest absolute Gasteiger partial charge is 0.466 e. The molecule has 172 valence electrons. The third-order valence-corrected chi connectivity index (χ3v) is 7.29. The second-order valence-corrected chi connectivity index (χ2v) is 9.60. The number of allylic oxidation sites excluding steroid dienone is 3. The lowest BCUT2D eigenvalue weighted by atomic mass is 9.88. The Bertz CT molecular complexity index is 734. The highest BCUT2D eigenvalue weighted by molar-refractivity contribution is 6.42. The molecule has 5 nitrogen and oxygen atoms in total. The highest BCUT2D eigenvalue weighted by atomic mass is 35.5. The normalized spacial score (nSPS) is 28.4. The minimum atomic E-state index is -0.287. The molecule has 3 rings (SSSR count). The van der Waals surface area contributed by atoms with Gasteiger partial charge in [0.05, 0.1) is 11.6 Å². The minimum Gasteiger partial charge on any atom is -0.466 e. The molecular weight excluding hydrogens is 416 g/mol. The number of carbonyl (C=O) groups is 3. The molecule has 0 radical (unpaired) electrons. The Morgan fingerprint density at radius 2 is 1.94 bits per heavy atom. The fourth-order valence-electron chi connectivity index (χ4n) is 5.56. The van der Waals surface area contributed by atoms with Gasteiger partial charge in [0.2, 0.25) is 0 Å². The molecule has 0 aromatic rings.